The van der Waals surface area contributed by atoms with Gasteiger partial charge in [0.1, 0.15) is 0 Å². The normalized spacial score (nSPS) is 12.5. The third-order valence-corrected chi connectivity index (χ3v) is 3.02. The molecule has 0 heterocycles. The SMILES string of the molecule is CCCC(N)C(=O)N(CCN(C)C)c1ccccc1. The van der Waals surface area contributed by atoms with Gasteiger partial charge in [-0.3, -0.25) is 4.79 Å². The monoisotopic (exact) mass is 263 g/mol. The molecule has 4 heteroatoms. The largest absolute Gasteiger partial charge is 0.320 e. The van der Waals surface area contributed by atoms with Crippen LogP contribution in [-0.2, 0) is 4.79 Å². The number of para-hydroxylation sites is 1. The molecule has 0 aliphatic rings. The maximum atomic E-state index is 12.4. The summed E-state index contributed by atoms with van der Waals surface area (Å²) in [7, 11) is 4.00. The molecule has 0 saturated heterocycles. The standard InChI is InChI=1S/C15H25N3O/c1-4-8-14(16)15(19)18(12-11-17(2)3)13-9-6-5-7-10-13/h5-7,9-10,14H,4,8,11-12,16H2,1-3H3. The first-order valence-electron chi connectivity index (χ1n) is 6.83. The number of hydrogen-bond acceptors (Lipinski definition) is 3. The number of carbonyl (C=O) groups is 1. The fourth-order valence-electron chi connectivity index (χ4n) is 1.91. The lowest BCUT2D eigenvalue weighted by Gasteiger charge is -2.27. The van der Waals surface area contributed by atoms with Crippen LogP contribution in [0.4, 0.5) is 5.69 Å². The molecule has 1 aromatic rings. The number of carbonyl (C=O) groups excluding carboxylic acids is 1. The lowest BCUT2D eigenvalue weighted by Crippen LogP contribution is -2.46. The van der Waals surface area contributed by atoms with E-state index in [0.29, 0.717) is 6.54 Å². The molecular weight excluding hydrogens is 238 g/mol. The zero-order valence-corrected chi connectivity index (χ0v) is 12.2. The predicted octanol–water partition coefficient (Wildman–Crippen LogP) is 1.71. The molecule has 19 heavy (non-hydrogen) atoms. The minimum atomic E-state index is -0.410. The second-order valence-electron chi connectivity index (χ2n) is 5.02. The highest BCUT2D eigenvalue weighted by Crippen LogP contribution is 2.15. The first-order valence-corrected chi connectivity index (χ1v) is 6.83. The molecule has 0 aliphatic heterocycles. The molecule has 1 amide bonds. The van der Waals surface area contributed by atoms with E-state index in [1.165, 1.54) is 0 Å². The van der Waals surface area contributed by atoms with E-state index in [2.05, 4.69) is 4.90 Å². The Morgan fingerprint density at radius 1 is 1.21 bits per heavy atom. The van der Waals surface area contributed by atoms with E-state index in [-0.39, 0.29) is 5.91 Å². The minimum Gasteiger partial charge on any atom is -0.320 e. The number of hydrogen-bond donors (Lipinski definition) is 1. The Labute approximate surface area is 116 Å². The van der Waals surface area contributed by atoms with Crippen LogP contribution in [0.2, 0.25) is 0 Å². The van der Waals surface area contributed by atoms with Crippen LogP contribution >= 0.6 is 0 Å². The number of benzene rings is 1. The Bertz CT molecular complexity index is 378. The number of nitrogens with two attached hydrogens (primary N) is 1. The number of amides is 1. The van der Waals surface area contributed by atoms with E-state index >= 15 is 0 Å². The van der Waals surface area contributed by atoms with Crippen LogP contribution in [0.15, 0.2) is 30.3 Å². The van der Waals surface area contributed by atoms with Gasteiger partial charge in [-0.05, 0) is 32.6 Å². The van der Waals surface area contributed by atoms with Gasteiger partial charge < -0.3 is 15.5 Å². The molecule has 0 aliphatic carbocycles. The van der Waals surface area contributed by atoms with Crippen molar-refractivity contribution in [2.75, 3.05) is 32.1 Å². The average molecular weight is 263 g/mol. The van der Waals surface area contributed by atoms with Crippen molar-refractivity contribution in [2.45, 2.75) is 25.8 Å². The van der Waals surface area contributed by atoms with E-state index < -0.39 is 6.04 Å². The zero-order valence-electron chi connectivity index (χ0n) is 12.2. The third kappa shape index (κ3) is 5.01. The number of nitrogens with zero attached hydrogens (tertiary/aromatic N) is 2. The Balaban J connectivity index is 2.83. The van der Waals surface area contributed by atoms with Gasteiger partial charge in [0.15, 0.2) is 0 Å². The van der Waals surface area contributed by atoms with Crippen molar-refractivity contribution >= 4 is 11.6 Å². The first kappa shape index (κ1) is 15.7. The van der Waals surface area contributed by atoms with Crippen molar-refractivity contribution < 1.29 is 4.79 Å². The van der Waals surface area contributed by atoms with E-state index in [9.17, 15) is 4.79 Å². The zero-order chi connectivity index (χ0) is 14.3. The molecule has 106 valence electrons. The maximum Gasteiger partial charge on any atom is 0.243 e. The van der Waals surface area contributed by atoms with Gasteiger partial charge in [0.25, 0.3) is 0 Å². The van der Waals surface area contributed by atoms with Gasteiger partial charge in [-0.15, -0.1) is 0 Å². The van der Waals surface area contributed by atoms with Crippen LogP contribution in [-0.4, -0.2) is 44.0 Å². The van der Waals surface area contributed by atoms with E-state index in [4.69, 9.17) is 5.73 Å². The molecule has 1 unspecified atom stereocenters. The van der Waals surface area contributed by atoms with Gasteiger partial charge >= 0.3 is 0 Å². The summed E-state index contributed by atoms with van der Waals surface area (Å²) >= 11 is 0. The Hall–Kier alpha value is -1.39. The molecule has 0 aromatic heterocycles. The summed E-state index contributed by atoms with van der Waals surface area (Å²) in [6.45, 7) is 3.52. The number of rotatable bonds is 7. The van der Waals surface area contributed by atoms with Crippen molar-refractivity contribution in [3.8, 4) is 0 Å². The summed E-state index contributed by atoms with van der Waals surface area (Å²) in [4.78, 5) is 16.3. The van der Waals surface area contributed by atoms with Gasteiger partial charge in [-0.25, -0.2) is 0 Å². The van der Waals surface area contributed by atoms with Crippen LogP contribution in [0.25, 0.3) is 0 Å². The highest BCUT2D eigenvalue weighted by atomic mass is 16.2. The summed E-state index contributed by atoms with van der Waals surface area (Å²) in [6.07, 6.45) is 1.65. The van der Waals surface area contributed by atoms with Crippen molar-refractivity contribution in [2.24, 2.45) is 5.73 Å². The highest BCUT2D eigenvalue weighted by molar-refractivity contribution is 5.97. The molecule has 0 fully saturated rings. The van der Waals surface area contributed by atoms with Crippen LogP contribution in [0.3, 0.4) is 0 Å². The van der Waals surface area contributed by atoms with Gasteiger partial charge in [-0.1, -0.05) is 31.5 Å². The highest BCUT2D eigenvalue weighted by Gasteiger charge is 2.21. The molecule has 0 spiro atoms. The summed E-state index contributed by atoms with van der Waals surface area (Å²) in [5.74, 6) is 0.00917. The maximum absolute atomic E-state index is 12.4. The predicted molar refractivity (Wildman–Crippen MR) is 80.2 cm³/mol. The molecule has 1 aromatic carbocycles. The van der Waals surface area contributed by atoms with Crippen molar-refractivity contribution in [1.82, 2.24) is 4.90 Å². The van der Waals surface area contributed by atoms with Gasteiger partial charge in [0.05, 0.1) is 6.04 Å². The van der Waals surface area contributed by atoms with Crippen molar-refractivity contribution in [3.63, 3.8) is 0 Å². The minimum absolute atomic E-state index is 0.00917. The summed E-state index contributed by atoms with van der Waals surface area (Å²) in [5.41, 5.74) is 6.89. The molecular formula is C15H25N3O. The molecule has 0 saturated carbocycles. The Kier molecular flexibility index (Phi) is 6.53. The molecule has 4 nitrogen and oxygen atoms in total. The van der Waals surface area contributed by atoms with Crippen LogP contribution in [0, 0.1) is 0 Å². The van der Waals surface area contributed by atoms with E-state index in [1.807, 2.05) is 51.4 Å². The van der Waals surface area contributed by atoms with Crippen molar-refractivity contribution in [3.05, 3.63) is 30.3 Å². The fourth-order valence-corrected chi connectivity index (χ4v) is 1.91. The summed E-state index contributed by atoms with van der Waals surface area (Å²) < 4.78 is 0. The molecule has 1 atom stereocenters. The topological polar surface area (TPSA) is 49.6 Å². The van der Waals surface area contributed by atoms with E-state index in [1.54, 1.807) is 4.90 Å². The fraction of sp³-hybridized carbons (Fsp3) is 0.533. The van der Waals surface area contributed by atoms with Gasteiger partial charge in [0, 0.05) is 18.8 Å². The Morgan fingerprint density at radius 3 is 2.37 bits per heavy atom. The summed E-state index contributed by atoms with van der Waals surface area (Å²) in [6, 6.07) is 9.32. The second kappa shape index (κ2) is 7.92. The smallest absolute Gasteiger partial charge is 0.243 e. The molecule has 0 radical (unpaired) electrons. The van der Waals surface area contributed by atoms with Gasteiger partial charge in [0.2, 0.25) is 5.91 Å². The second-order valence-corrected chi connectivity index (χ2v) is 5.02. The molecule has 0 bridgehead atoms. The number of likely N-dealkylation sites (N-methyl/N-ethyl adjacent to an activating group) is 1. The van der Waals surface area contributed by atoms with Crippen molar-refractivity contribution in [1.29, 1.82) is 0 Å². The first-order chi connectivity index (χ1) is 9.06. The summed E-state index contributed by atoms with van der Waals surface area (Å²) in [5, 5.41) is 0. The lowest BCUT2D eigenvalue weighted by atomic mass is 10.1. The number of anilines is 1. The average Bonchev–Trinajstić information content (AvgIpc) is 2.40. The van der Waals surface area contributed by atoms with Crippen LogP contribution < -0.4 is 10.6 Å². The van der Waals surface area contributed by atoms with Gasteiger partial charge in [-0.2, -0.15) is 0 Å². The van der Waals surface area contributed by atoms with E-state index in [0.717, 1.165) is 25.1 Å². The lowest BCUT2D eigenvalue weighted by molar-refractivity contribution is -0.120. The van der Waals surface area contributed by atoms with Crippen LogP contribution in [0.1, 0.15) is 19.8 Å². The van der Waals surface area contributed by atoms with Crippen LogP contribution in [0.5, 0.6) is 0 Å². The molecule has 2 N–H and O–H groups in total. The third-order valence-electron chi connectivity index (χ3n) is 3.02. The Morgan fingerprint density at radius 2 is 1.84 bits per heavy atom. The quantitative estimate of drug-likeness (QED) is 0.814. The molecule has 1 rings (SSSR count).